The van der Waals surface area contributed by atoms with Gasteiger partial charge in [-0.15, -0.1) is 0 Å². The van der Waals surface area contributed by atoms with Crippen LogP contribution in [0.5, 0.6) is 0 Å². The van der Waals surface area contributed by atoms with Crippen molar-refractivity contribution < 1.29 is 9.59 Å². The number of carbonyl (C=O) groups excluding carboxylic acids is 2. The number of hydrogen-bond acceptors (Lipinski definition) is 7. The Bertz CT molecular complexity index is 1170. The van der Waals surface area contributed by atoms with Crippen LogP contribution in [0.25, 0.3) is 11.1 Å². The van der Waals surface area contributed by atoms with Gasteiger partial charge in [-0.25, -0.2) is 0 Å². The van der Waals surface area contributed by atoms with Crippen molar-refractivity contribution in [2.45, 2.75) is 38.3 Å². The number of nitrogens with one attached hydrogen (secondary N) is 4. The fraction of sp³-hybridized carbons (Fsp3) is 0.348. The zero-order valence-corrected chi connectivity index (χ0v) is 18.4. The van der Waals surface area contributed by atoms with E-state index in [-0.39, 0.29) is 35.3 Å². The molecule has 2 fully saturated rings. The molecule has 2 aliphatic carbocycles. The second-order valence-corrected chi connectivity index (χ2v) is 8.88. The Morgan fingerprint density at radius 3 is 2.70 bits per heavy atom. The molecule has 2 heterocycles. The molecule has 1 aliphatic heterocycles. The molecule has 0 spiro atoms. The van der Waals surface area contributed by atoms with Crippen molar-refractivity contribution in [1.29, 1.82) is 0 Å². The van der Waals surface area contributed by atoms with Gasteiger partial charge >= 0.3 is 0 Å². The molecule has 8 N–H and O–H groups in total. The molecular formula is C23H28N8O2. The predicted octanol–water partition coefficient (Wildman–Crippen LogP) is 1.21. The van der Waals surface area contributed by atoms with Gasteiger partial charge in [0.05, 0.1) is 35.5 Å². The molecule has 0 bridgehead atoms. The summed E-state index contributed by atoms with van der Waals surface area (Å²) in [7, 11) is 1.99. The van der Waals surface area contributed by atoms with Crippen LogP contribution in [-0.2, 0) is 16.1 Å². The smallest absolute Gasteiger partial charge is 0.269 e. The summed E-state index contributed by atoms with van der Waals surface area (Å²) in [6, 6.07) is 6.02. The van der Waals surface area contributed by atoms with Crippen molar-refractivity contribution in [3.63, 3.8) is 0 Å². The van der Waals surface area contributed by atoms with Crippen molar-refractivity contribution in [3.8, 4) is 11.1 Å². The molecule has 0 atom stereocenters. The number of para-hydroxylation sites is 1. The molecule has 172 valence electrons. The van der Waals surface area contributed by atoms with Crippen molar-refractivity contribution in [2.24, 2.45) is 17.4 Å². The summed E-state index contributed by atoms with van der Waals surface area (Å²) in [6.45, 7) is 0.660. The van der Waals surface area contributed by atoms with Crippen LogP contribution in [0.1, 0.15) is 31.4 Å². The van der Waals surface area contributed by atoms with Crippen LogP contribution in [-0.4, -0.2) is 35.1 Å². The lowest BCUT2D eigenvalue weighted by atomic mass is 9.98. The number of allylic oxidation sites excluding steroid dienone is 1. The van der Waals surface area contributed by atoms with Crippen molar-refractivity contribution in [2.75, 3.05) is 17.3 Å². The van der Waals surface area contributed by atoms with Crippen molar-refractivity contribution in [3.05, 3.63) is 53.4 Å². The minimum absolute atomic E-state index is 0.00517. The molecule has 1 aromatic heterocycles. The second-order valence-electron chi connectivity index (χ2n) is 8.88. The third-order valence-electron chi connectivity index (χ3n) is 6.05. The van der Waals surface area contributed by atoms with Crippen LogP contribution in [0, 0.1) is 5.92 Å². The molecule has 2 amide bonds. The maximum Gasteiger partial charge on any atom is 0.269 e. The second kappa shape index (κ2) is 8.19. The van der Waals surface area contributed by atoms with Gasteiger partial charge in [0.15, 0.2) is 0 Å². The number of nitrogens with two attached hydrogens (primary N) is 2. The monoisotopic (exact) mass is 448 g/mol. The highest BCUT2D eigenvalue weighted by Gasteiger charge is 2.30. The first-order valence-corrected chi connectivity index (χ1v) is 11.1. The number of fused-ring (bicyclic) bond motifs is 3. The van der Waals surface area contributed by atoms with Gasteiger partial charge in [-0.05, 0) is 31.7 Å². The summed E-state index contributed by atoms with van der Waals surface area (Å²) >= 11 is 0. The van der Waals surface area contributed by atoms with Crippen molar-refractivity contribution >= 4 is 23.2 Å². The van der Waals surface area contributed by atoms with Gasteiger partial charge in [0.25, 0.3) is 5.91 Å². The van der Waals surface area contributed by atoms with E-state index in [1.54, 1.807) is 0 Å². The van der Waals surface area contributed by atoms with Crippen LogP contribution in [0.15, 0.2) is 47.7 Å². The maximum atomic E-state index is 12.7. The molecule has 5 rings (SSSR count). The Kier molecular flexibility index (Phi) is 5.20. The first kappa shape index (κ1) is 20.9. The Morgan fingerprint density at radius 2 is 1.97 bits per heavy atom. The van der Waals surface area contributed by atoms with Gasteiger partial charge in [-0.3, -0.25) is 14.7 Å². The third kappa shape index (κ3) is 4.36. The van der Waals surface area contributed by atoms with Crippen LogP contribution >= 0.6 is 0 Å². The number of anilines is 2. The summed E-state index contributed by atoms with van der Waals surface area (Å²) < 4.78 is 0. The molecule has 10 heteroatoms. The van der Waals surface area contributed by atoms with Crippen LogP contribution in [0.2, 0.25) is 0 Å². The van der Waals surface area contributed by atoms with E-state index < -0.39 is 0 Å². The van der Waals surface area contributed by atoms with Crippen molar-refractivity contribution in [1.82, 2.24) is 20.8 Å². The Balaban J connectivity index is 1.49. The highest BCUT2D eigenvalue weighted by molar-refractivity contribution is 5.96. The summed E-state index contributed by atoms with van der Waals surface area (Å²) in [5.74, 6) is -0.347. The normalized spacial score (nSPS) is 18.1. The average molecular weight is 449 g/mol. The maximum absolute atomic E-state index is 12.7. The first-order chi connectivity index (χ1) is 15.9. The van der Waals surface area contributed by atoms with E-state index in [1.165, 1.54) is 6.08 Å². The fourth-order valence-electron chi connectivity index (χ4n) is 3.98. The molecule has 3 aliphatic rings. The lowest BCUT2D eigenvalue weighted by Crippen LogP contribution is -2.33. The lowest BCUT2D eigenvalue weighted by molar-refractivity contribution is -0.121. The summed E-state index contributed by atoms with van der Waals surface area (Å²) in [4.78, 5) is 27.0. The summed E-state index contributed by atoms with van der Waals surface area (Å²) in [5, 5.41) is 16.1. The van der Waals surface area contributed by atoms with Crippen LogP contribution < -0.4 is 32.3 Å². The molecule has 0 radical (unpaired) electrons. The number of rotatable bonds is 7. The minimum Gasteiger partial charge on any atom is -0.393 e. The van der Waals surface area contributed by atoms with E-state index in [0.717, 1.165) is 53.9 Å². The minimum atomic E-state index is -0.368. The molecule has 1 aromatic carbocycles. The third-order valence-corrected chi connectivity index (χ3v) is 6.05. The number of carbonyl (C=O) groups is 2. The van der Waals surface area contributed by atoms with E-state index in [2.05, 4.69) is 31.0 Å². The number of H-pyrrole nitrogens is 1. The molecule has 33 heavy (non-hydrogen) atoms. The van der Waals surface area contributed by atoms with Crippen LogP contribution in [0.4, 0.5) is 11.4 Å². The topological polar surface area (TPSA) is 154 Å². The van der Waals surface area contributed by atoms with Gasteiger partial charge in [-0.1, -0.05) is 12.1 Å². The highest BCUT2D eigenvalue weighted by atomic mass is 16.2. The molecule has 0 unspecified atom stereocenters. The quantitative estimate of drug-likeness (QED) is 0.275. The Morgan fingerprint density at radius 1 is 1.18 bits per heavy atom. The number of hydrogen-bond donors (Lipinski definition) is 6. The van der Waals surface area contributed by atoms with E-state index in [4.69, 9.17) is 11.5 Å². The fourth-order valence-corrected chi connectivity index (χ4v) is 3.98. The number of aromatic nitrogens is 2. The highest BCUT2D eigenvalue weighted by Crippen LogP contribution is 2.42. The standard InChI is InChI=1S/C23H28N8O2/c1-31-11-18-15(10-26-30-18)14-3-2-4-16(21(14)31)28-17(20(25)23(33)27-13-7-8-13)9-19(24)29-22(32)12-5-6-12/h2-4,9-10,12-13,28H,5-8,11,24-25H2,1H3,(H,26,30)(H,27,33)(H,29,32)/b19-9+,20-17+. The van der Waals surface area contributed by atoms with Gasteiger partial charge in [0.1, 0.15) is 11.5 Å². The summed E-state index contributed by atoms with van der Waals surface area (Å²) in [6.07, 6.45) is 6.94. The molecule has 2 saturated carbocycles. The van der Waals surface area contributed by atoms with Gasteiger partial charge in [-0.2, -0.15) is 5.10 Å². The van der Waals surface area contributed by atoms with E-state index in [0.29, 0.717) is 12.2 Å². The molecule has 2 aromatic rings. The van der Waals surface area contributed by atoms with Gasteiger partial charge < -0.3 is 32.3 Å². The van der Waals surface area contributed by atoms with E-state index >= 15 is 0 Å². The Hall–Kier alpha value is -3.95. The predicted molar refractivity (Wildman–Crippen MR) is 125 cm³/mol. The lowest BCUT2D eigenvalue weighted by Gasteiger charge is -2.30. The molecule has 0 saturated heterocycles. The van der Waals surface area contributed by atoms with E-state index in [1.807, 2.05) is 31.4 Å². The van der Waals surface area contributed by atoms with Crippen LogP contribution in [0.3, 0.4) is 0 Å². The Labute approximate surface area is 191 Å². The molecular weight excluding hydrogens is 420 g/mol. The first-order valence-electron chi connectivity index (χ1n) is 11.1. The van der Waals surface area contributed by atoms with E-state index in [9.17, 15) is 9.59 Å². The number of amides is 2. The SMILES string of the molecule is CN1Cc2[nH]ncc2-c2cccc(NC(/C=C(\N)NC(=O)C3CC3)=C(/N)C(=O)NC3CC3)c21. The zero-order chi connectivity index (χ0) is 23.1. The van der Waals surface area contributed by atoms with Gasteiger partial charge in [0, 0.05) is 36.2 Å². The molecule has 10 nitrogen and oxygen atoms in total. The largest absolute Gasteiger partial charge is 0.393 e. The summed E-state index contributed by atoms with van der Waals surface area (Å²) in [5.41, 5.74) is 17.5. The average Bonchev–Trinajstić information content (AvgIpc) is 3.71. The zero-order valence-electron chi connectivity index (χ0n) is 18.4. The number of nitrogens with zero attached hydrogens (tertiary/aromatic N) is 2. The number of benzene rings is 1. The van der Waals surface area contributed by atoms with Gasteiger partial charge in [0.2, 0.25) is 5.91 Å². The number of aromatic amines is 1.